The molecule has 1 fully saturated rings. The van der Waals surface area contributed by atoms with Gasteiger partial charge in [-0.1, -0.05) is 19.3 Å². The summed E-state index contributed by atoms with van der Waals surface area (Å²) in [5, 5.41) is 0. The van der Waals surface area contributed by atoms with Crippen LogP contribution < -0.4 is 0 Å². The van der Waals surface area contributed by atoms with E-state index in [9.17, 15) is 9.59 Å². The van der Waals surface area contributed by atoms with Crippen molar-refractivity contribution in [1.82, 2.24) is 0 Å². The van der Waals surface area contributed by atoms with Crippen molar-refractivity contribution in [2.24, 2.45) is 5.92 Å². The van der Waals surface area contributed by atoms with Crippen LogP contribution >= 0.6 is 23.2 Å². The Labute approximate surface area is 123 Å². The molecule has 0 amide bonds. The van der Waals surface area contributed by atoms with Gasteiger partial charge in [-0.05, 0) is 18.8 Å². The second kappa shape index (κ2) is 9.43. The Balaban J connectivity index is 2.05. The minimum absolute atomic E-state index is 0.00397. The van der Waals surface area contributed by atoms with Gasteiger partial charge in [0, 0.05) is 0 Å². The lowest BCUT2D eigenvalue weighted by molar-refractivity contribution is -0.151. The van der Waals surface area contributed by atoms with E-state index in [1.807, 2.05) is 0 Å². The summed E-state index contributed by atoms with van der Waals surface area (Å²) >= 11 is 10.8. The first-order valence-electron chi connectivity index (χ1n) is 6.67. The monoisotopic (exact) mass is 310 g/mol. The second-order valence-electron chi connectivity index (χ2n) is 4.76. The van der Waals surface area contributed by atoms with Crippen molar-refractivity contribution < 1.29 is 19.1 Å². The number of alkyl halides is 2. The highest BCUT2D eigenvalue weighted by Crippen LogP contribution is 2.23. The van der Waals surface area contributed by atoms with Crippen LogP contribution in [-0.4, -0.2) is 30.0 Å². The molecule has 1 aliphatic rings. The molecule has 0 heterocycles. The van der Waals surface area contributed by atoms with E-state index >= 15 is 0 Å². The molecule has 0 aromatic rings. The molecule has 4 nitrogen and oxygen atoms in total. The van der Waals surface area contributed by atoms with Gasteiger partial charge in [0.15, 0.2) is 0 Å². The van der Waals surface area contributed by atoms with Crippen LogP contribution in [0.25, 0.3) is 0 Å². The molecule has 0 aromatic carbocycles. The highest BCUT2D eigenvalue weighted by Gasteiger charge is 2.16. The Morgan fingerprint density at radius 2 is 1.58 bits per heavy atom. The maximum absolute atomic E-state index is 11.4. The quantitative estimate of drug-likeness (QED) is 0.535. The topological polar surface area (TPSA) is 52.6 Å². The molecule has 1 aliphatic carbocycles. The van der Waals surface area contributed by atoms with Gasteiger partial charge in [0.2, 0.25) is 0 Å². The maximum Gasteiger partial charge on any atom is 0.306 e. The number of hydrogen-bond acceptors (Lipinski definition) is 4. The Bertz CT molecular complexity index is 288. The van der Waals surface area contributed by atoms with Crippen LogP contribution in [0.4, 0.5) is 0 Å². The third-order valence-corrected chi connectivity index (χ3v) is 3.36. The molecule has 110 valence electrons. The van der Waals surface area contributed by atoms with E-state index in [1.165, 1.54) is 19.3 Å². The van der Waals surface area contributed by atoms with E-state index in [-0.39, 0.29) is 25.4 Å². The van der Waals surface area contributed by atoms with Crippen LogP contribution in [0, 0.1) is 5.92 Å². The number of halogens is 2. The van der Waals surface area contributed by atoms with Gasteiger partial charge in [0.05, 0.1) is 19.4 Å². The minimum Gasteiger partial charge on any atom is -0.465 e. The van der Waals surface area contributed by atoms with Gasteiger partial charge < -0.3 is 9.47 Å². The molecule has 0 radical (unpaired) electrons. The fraction of sp³-hybridized carbons (Fsp3) is 0.846. The van der Waals surface area contributed by atoms with E-state index < -0.39 is 10.8 Å². The fourth-order valence-corrected chi connectivity index (χ4v) is 2.19. The van der Waals surface area contributed by atoms with Crippen LogP contribution in [0.3, 0.4) is 0 Å². The van der Waals surface area contributed by atoms with Gasteiger partial charge in [-0.3, -0.25) is 9.59 Å². The van der Waals surface area contributed by atoms with Crippen LogP contribution in [0.2, 0.25) is 0 Å². The Kier molecular flexibility index (Phi) is 8.22. The average Bonchev–Trinajstić information content (AvgIpc) is 2.41. The number of rotatable bonds is 7. The highest BCUT2D eigenvalue weighted by molar-refractivity contribution is 6.44. The summed E-state index contributed by atoms with van der Waals surface area (Å²) in [7, 11) is 0. The zero-order valence-corrected chi connectivity index (χ0v) is 12.4. The normalized spacial score (nSPS) is 16.4. The first-order chi connectivity index (χ1) is 9.08. The molecule has 1 saturated carbocycles. The predicted molar refractivity (Wildman–Crippen MR) is 73.2 cm³/mol. The summed E-state index contributed by atoms with van der Waals surface area (Å²) in [6, 6.07) is 0. The first-order valence-corrected chi connectivity index (χ1v) is 7.54. The van der Waals surface area contributed by atoms with Crippen LogP contribution in [0.15, 0.2) is 0 Å². The molecule has 6 heteroatoms. The van der Waals surface area contributed by atoms with E-state index in [0.29, 0.717) is 12.5 Å². The van der Waals surface area contributed by atoms with Crippen molar-refractivity contribution in [1.29, 1.82) is 0 Å². The number of carbonyl (C=O) groups excluding carboxylic acids is 2. The summed E-state index contributed by atoms with van der Waals surface area (Å²) in [6.07, 6.45) is 6.01. The molecule has 0 spiro atoms. The molecule has 0 aliphatic heterocycles. The van der Waals surface area contributed by atoms with Gasteiger partial charge >= 0.3 is 11.9 Å². The van der Waals surface area contributed by atoms with Crippen molar-refractivity contribution in [3.05, 3.63) is 0 Å². The van der Waals surface area contributed by atoms with Crippen molar-refractivity contribution in [3.63, 3.8) is 0 Å². The third kappa shape index (κ3) is 8.32. The number of ether oxygens (including phenoxy) is 2. The Morgan fingerprint density at radius 1 is 1.00 bits per heavy atom. The van der Waals surface area contributed by atoms with Crippen molar-refractivity contribution in [3.8, 4) is 0 Å². The number of carbonyl (C=O) groups is 2. The summed E-state index contributed by atoms with van der Waals surface area (Å²) in [5.41, 5.74) is 0. The van der Waals surface area contributed by atoms with Gasteiger partial charge in [-0.2, -0.15) is 0 Å². The smallest absolute Gasteiger partial charge is 0.306 e. The zero-order valence-electron chi connectivity index (χ0n) is 10.9. The predicted octanol–water partition coefficient (Wildman–Crippen LogP) is 3.24. The van der Waals surface area contributed by atoms with Gasteiger partial charge in [-0.25, -0.2) is 0 Å². The largest absolute Gasteiger partial charge is 0.465 e. The second-order valence-corrected chi connectivity index (χ2v) is 6.04. The molecular weight excluding hydrogens is 291 g/mol. The van der Waals surface area contributed by atoms with Crippen molar-refractivity contribution in [2.75, 3.05) is 13.2 Å². The molecule has 0 unspecified atom stereocenters. The zero-order chi connectivity index (χ0) is 14.1. The molecule has 1 rings (SSSR count). The summed E-state index contributed by atoms with van der Waals surface area (Å²) in [6.45, 7) is 0.415. The third-order valence-electron chi connectivity index (χ3n) is 3.11. The Hall–Kier alpha value is -0.480. The lowest BCUT2D eigenvalue weighted by atomic mass is 9.90. The maximum atomic E-state index is 11.4. The number of hydrogen-bond donors (Lipinski definition) is 0. The molecule has 0 N–H and O–H groups in total. The summed E-state index contributed by atoms with van der Waals surface area (Å²) in [4.78, 5) is 21.9. The number of esters is 2. The molecule has 19 heavy (non-hydrogen) atoms. The first kappa shape index (κ1) is 16.6. The average molecular weight is 311 g/mol. The highest BCUT2D eigenvalue weighted by atomic mass is 35.5. The standard InChI is InChI=1S/C13H20Cl2O4/c14-11(15)9-19-13(17)7-6-12(16)18-8-10-4-2-1-3-5-10/h10-11H,1-9H2. The van der Waals surface area contributed by atoms with Crippen molar-refractivity contribution in [2.45, 2.75) is 49.8 Å². The molecule has 0 saturated heterocycles. The van der Waals surface area contributed by atoms with Gasteiger partial charge in [0.1, 0.15) is 11.4 Å². The van der Waals surface area contributed by atoms with Crippen LogP contribution in [-0.2, 0) is 19.1 Å². The van der Waals surface area contributed by atoms with Crippen LogP contribution in [0.5, 0.6) is 0 Å². The minimum atomic E-state index is -0.734. The summed E-state index contributed by atoms with van der Waals surface area (Å²) in [5.74, 6) is -0.352. The fourth-order valence-electron chi connectivity index (χ4n) is 2.07. The van der Waals surface area contributed by atoms with E-state index in [1.54, 1.807) is 0 Å². The lowest BCUT2D eigenvalue weighted by Crippen LogP contribution is -2.18. The summed E-state index contributed by atoms with van der Waals surface area (Å²) < 4.78 is 9.90. The molecule has 0 atom stereocenters. The van der Waals surface area contributed by atoms with E-state index in [0.717, 1.165) is 12.8 Å². The SMILES string of the molecule is O=C(CCC(=O)OCC1CCCCC1)OCC(Cl)Cl. The van der Waals surface area contributed by atoms with E-state index in [4.69, 9.17) is 32.7 Å². The van der Waals surface area contributed by atoms with E-state index in [2.05, 4.69) is 0 Å². The van der Waals surface area contributed by atoms with Gasteiger partial charge in [0.25, 0.3) is 0 Å². The molecular formula is C13H20Cl2O4. The molecule has 0 aromatic heterocycles. The Morgan fingerprint density at radius 3 is 2.16 bits per heavy atom. The van der Waals surface area contributed by atoms with Crippen LogP contribution in [0.1, 0.15) is 44.9 Å². The molecule has 0 bridgehead atoms. The lowest BCUT2D eigenvalue weighted by Gasteiger charge is -2.20. The van der Waals surface area contributed by atoms with Crippen molar-refractivity contribution >= 4 is 35.1 Å². The van der Waals surface area contributed by atoms with Gasteiger partial charge in [-0.15, -0.1) is 23.2 Å².